The molecule has 3 N–H and O–H groups in total. The number of carbonyl (C=O) groups excluding carboxylic acids is 2. The zero-order chi connectivity index (χ0) is 23.4. The Bertz CT molecular complexity index is 1000. The number of rotatable bonds is 5. The zero-order valence-electron chi connectivity index (χ0n) is 15.7. The number of carbonyl (C=O) groups is 2. The van der Waals surface area contributed by atoms with E-state index in [-0.39, 0.29) is 28.0 Å². The zero-order valence-corrected chi connectivity index (χ0v) is 18.0. The van der Waals surface area contributed by atoms with Crippen LogP contribution in [0.15, 0.2) is 42.5 Å². The van der Waals surface area contributed by atoms with E-state index in [0.717, 1.165) is 24.3 Å². The number of aliphatic hydroxyl groups is 1. The summed E-state index contributed by atoms with van der Waals surface area (Å²) in [5.74, 6) is -2.48. The standard InChI is InChI=1S/C19H15Cl2F3N2O4S/c1-2-30-16(28)18(29,19(22,23)24)10-3-6-12(7-4-10)25-17(31)26-15(27)13-8-5-11(20)9-14(13)21/h3-9,29H,2H2,1H3,(H2,25,26,27,31). The van der Waals surface area contributed by atoms with Gasteiger partial charge in [-0.3, -0.25) is 10.1 Å². The van der Waals surface area contributed by atoms with Gasteiger partial charge in [-0.15, -0.1) is 0 Å². The number of benzene rings is 2. The van der Waals surface area contributed by atoms with E-state index in [1.807, 2.05) is 0 Å². The van der Waals surface area contributed by atoms with Crippen molar-refractivity contribution in [1.29, 1.82) is 0 Å². The van der Waals surface area contributed by atoms with Crippen LogP contribution in [0, 0.1) is 0 Å². The minimum atomic E-state index is -5.31. The Kier molecular flexibility index (Phi) is 7.87. The third kappa shape index (κ3) is 5.65. The average Bonchev–Trinajstić information content (AvgIpc) is 2.66. The molecule has 2 rings (SSSR count). The number of thiocarbonyl (C=S) groups is 1. The molecule has 0 saturated carbocycles. The molecule has 0 saturated heterocycles. The topological polar surface area (TPSA) is 87.7 Å². The molecule has 166 valence electrons. The Morgan fingerprint density at radius 3 is 2.26 bits per heavy atom. The Balaban J connectivity index is 2.14. The van der Waals surface area contributed by atoms with Crippen molar-refractivity contribution < 1.29 is 32.6 Å². The van der Waals surface area contributed by atoms with E-state index in [4.69, 9.17) is 35.4 Å². The van der Waals surface area contributed by atoms with Crippen LogP contribution >= 0.6 is 35.4 Å². The first-order valence-corrected chi connectivity index (χ1v) is 9.70. The minimum Gasteiger partial charge on any atom is -0.463 e. The number of ether oxygens (including phenoxy) is 1. The Morgan fingerprint density at radius 1 is 1.13 bits per heavy atom. The SMILES string of the molecule is CCOC(=O)C(O)(c1ccc(NC(=S)NC(=O)c2ccc(Cl)cc2Cl)cc1)C(F)(F)F. The Morgan fingerprint density at radius 2 is 1.74 bits per heavy atom. The molecule has 0 aliphatic heterocycles. The third-order valence-electron chi connectivity index (χ3n) is 3.94. The molecule has 0 heterocycles. The maximum atomic E-state index is 13.4. The van der Waals surface area contributed by atoms with E-state index in [2.05, 4.69) is 15.4 Å². The maximum Gasteiger partial charge on any atom is 0.432 e. The van der Waals surface area contributed by atoms with E-state index in [9.17, 15) is 27.9 Å². The van der Waals surface area contributed by atoms with Gasteiger partial charge in [-0.1, -0.05) is 35.3 Å². The first-order valence-electron chi connectivity index (χ1n) is 8.54. The first kappa shape index (κ1) is 24.9. The van der Waals surface area contributed by atoms with Gasteiger partial charge in [-0.2, -0.15) is 13.2 Å². The molecule has 0 radical (unpaired) electrons. The second-order valence-electron chi connectivity index (χ2n) is 6.04. The molecular formula is C19H15Cl2F3N2O4S. The molecule has 1 atom stereocenters. The van der Waals surface area contributed by atoms with Crippen molar-refractivity contribution in [2.24, 2.45) is 0 Å². The molecular weight excluding hydrogens is 480 g/mol. The van der Waals surface area contributed by atoms with Gasteiger partial charge in [-0.05, 0) is 49.5 Å². The normalized spacial score (nSPS) is 13.1. The van der Waals surface area contributed by atoms with Crippen LogP contribution in [0.2, 0.25) is 10.0 Å². The van der Waals surface area contributed by atoms with Crippen LogP contribution in [0.1, 0.15) is 22.8 Å². The number of alkyl halides is 3. The molecule has 0 spiro atoms. The fourth-order valence-corrected chi connectivity index (χ4v) is 3.14. The number of hydrogen-bond donors (Lipinski definition) is 3. The summed E-state index contributed by atoms with van der Waals surface area (Å²) in [5.41, 5.74) is -4.28. The molecule has 0 aromatic heterocycles. The van der Waals surface area contributed by atoms with E-state index in [0.29, 0.717) is 5.02 Å². The molecule has 12 heteroatoms. The molecule has 2 aromatic rings. The third-order valence-corrected chi connectivity index (χ3v) is 4.70. The lowest BCUT2D eigenvalue weighted by Crippen LogP contribution is -2.50. The largest absolute Gasteiger partial charge is 0.463 e. The van der Waals surface area contributed by atoms with E-state index in [1.165, 1.54) is 25.1 Å². The van der Waals surface area contributed by atoms with Crippen molar-refractivity contribution in [2.45, 2.75) is 18.7 Å². The van der Waals surface area contributed by atoms with E-state index < -0.39 is 29.2 Å². The number of amides is 1. The molecule has 0 bridgehead atoms. The van der Waals surface area contributed by atoms with Gasteiger partial charge in [0.1, 0.15) is 0 Å². The summed E-state index contributed by atoms with van der Waals surface area (Å²) in [6, 6.07) is 8.27. The van der Waals surface area contributed by atoms with Gasteiger partial charge < -0.3 is 15.2 Å². The van der Waals surface area contributed by atoms with Gasteiger partial charge in [0.25, 0.3) is 11.5 Å². The maximum absolute atomic E-state index is 13.4. The van der Waals surface area contributed by atoms with Crippen LogP contribution in [-0.4, -0.2) is 34.9 Å². The van der Waals surface area contributed by atoms with Crippen molar-refractivity contribution in [2.75, 3.05) is 11.9 Å². The Hall–Kier alpha value is -2.40. The first-order chi connectivity index (χ1) is 14.4. The summed E-state index contributed by atoms with van der Waals surface area (Å²) >= 11 is 16.7. The molecule has 6 nitrogen and oxygen atoms in total. The van der Waals surface area contributed by atoms with Gasteiger partial charge in [0, 0.05) is 16.3 Å². The summed E-state index contributed by atoms with van der Waals surface area (Å²) in [5, 5.41) is 15.3. The molecule has 1 unspecified atom stereocenters. The summed E-state index contributed by atoms with van der Waals surface area (Å²) in [6.45, 7) is 0.969. The van der Waals surface area contributed by atoms with Gasteiger partial charge in [0.05, 0.1) is 17.2 Å². The van der Waals surface area contributed by atoms with Gasteiger partial charge in [0.2, 0.25) is 0 Å². The number of nitrogens with one attached hydrogen (secondary N) is 2. The highest BCUT2D eigenvalue weighted by Gasteiger charge is 2.62. The smallest absolute Gasteiger partial charge is 0.432 e. The molecule has 0 aliphatic rings. The van der Waals surface area contributed by atoms with Crippen LogP contribution in [0.4, 0.5) is 18.9 Å². The summed E-state index contributed by atoms with van der Waals surface area (Å²) < 4.78 is 44.5. The van der Waals surface area contributed by atoms with Crippen molar-refractivity contribution in [3.63, 3.8) is 0 Å². The minimum absolute atomic E-state index is 0.0996. The molecule has 1 amide bonds. The lowest BCUT2D eigenvalue weighted by Gasteiger charge is -2.28. The second-order valence-corrected chi connectivity index (χ2v) is 7.29. The van der Waals surface area contributed by atoms with Crippen molar-refractivity contribution in [3.05, 3.63) is 63.6 Å². The number of hydrogen-bond acceptors (Lipinski definition) is 5. The van der Waals surface area contributed by atoms with Crippen molar-refractivity contribution in [3.8, 4) is 0 Å². The predicted octanol–water partition coefficient (Wildman–Crippen LogP) is 4.43. The highest BCUT2D eigenvalue weighted by molar-refractivity contribution is 7.80. The lowest BCUT2D eigenvalue weighted by atomic mass is 9.93. The second kappa shape index (κ2) is 9.82. The van der Waals surface area contributed by atoms with Crippen LogP contribution in [0.25, 0.3) is 0 Å². The summed E-state index contributed by atoms with van der Waals surface area (Å²) in [6.07, 6.45) is -5.31. The Labute approximate surface area is 190 Å². The monoisotopic (exact) mass is 494 g/mol. The molecule has 2 aromatic carbocycles. The molecule has 0 fully saturated rings. The van der Waals surface area contributed by atoms with Gasteiger partial charge >= 0.3 is 12.1 Å². The van der Waals surface area contributed by atoms with E-state index >= 15 is 0 Å². The van der Waals surface area contributed by atoms with Gasteiger partial charge in [0.15, 0.2) is 5.11 Å². The number of halogens is 5. The summed E-state index contributed by atoms with van der Waals surface area (Å²) in [7, 11) is 0. The quantitative estimate of drug-likeness (QED) is 0.420. The highest BCUT2D eigenvalue weighted by atomic mass is 35.5. The lowest BCUT2D eigenvalue weighted by molar-refractivity contribution is -0.267. The van der Waals surface area contributed by atoms with Crippen LogP contribution in [0.5, 0.6) is 0 Å². The number of anilines is 1. The summed E-state index contributed by atoms with van der Waals surface area (Å²) in [4.78, 5) is 24.0. The number of esters is 1. The van der Waals surface area contributed by atoms with Crippen LogP contribution in [-0.2, 0) is 15.1 Å². The van der Waals surface area contributed by atoms with E-state index in [1.54, 1.807) is 0 Å². The highest BCUT2D eigenvalue weighted by Crippen LogP contribution is 2.40. The van der Waals surface area contributed by atoms with Crippen molar-refractivity contribution in [1.82, 2.24) is 5.32 Å². The van der Waals surface area contributed by atoms with Crippen LogP contribution < -0.4 is 10.6 Å². The fourth-order valence-electron chi connectivity index (χ4n) is 2.43. The molecule has 31 heavy (non-hydrogen) atoms. The predicted molar refractivity (Wildman–Crippen MR) is 113 cm³/mol. The van der Waals surface area contributed by atoms with Gasteiger partial charge in [-0.25, -0.2) is 4.79 Å². The average molecular weight is 495 g/mol. The molecule has 0 aliphatic carbocycles. The van der Waals surface area contributed by atoms with Crippen molar-refractivity contribution >= 4 is 58.1 Å². The van der Waals surface area contributed by atoms with Crippen LogP contribution in [0.3, 0.4) is 0 Å². The fraction of sp³-hybridized carbons (Fsp3) is 0.211.